The van der Waals surface area contributed by atoms with Gasteiger partial charge in [-0.1, -0.05) is 70.8 Å². The van der Waals surface area contributed by atoms with Crippen LogP contribution in [0.2, 0.25) is 0 Å². The van der Waals surface area contributed by atoms with Crippen molar-refractivity contribution in [2.24, 2.45) is 0 Å². The molecule has 0 aromatic heterocycles. The Morgan fingerprint density at radius 3 is 2.19 bits per heavy atom. The molecule has 0 aliphatic heterocycles. The van der Waals surface area contributed by atoms with Crippen LogP contribution in [0.4, 0.5) is 13.2 Å². The lowest BCUT2D eigenvalue weighted by atomic mass is 9.97. The molecule has 1 aliphatic rings. The minimum Gasteiger partial charge on any atom is -0.498 e. The Balaban J connectivity index is 2.70. The molecule has 0 spiro atoms. The monoisotopic (exact) mass is 442 g/mol. The van der Waals surface area contributed by atoms with Crippen LogP contribution >= 0.6 is 0 Å². The lowest BCUT2D eigenvalue weighted by Crippen LogP contribution is -2.02. The summed E-state index contributed by atoms with van der Waals surface area (Å²) in [4.78, 5) is 0. The van der Waals surface area contributed by atoms with E-state index in [-0.39, 0.29) is 16.7 Å². The highest BCUT2D eigenvalue weighted by molar-refractivity contribution is 5.52. The molecule has 0 fully saturated rings. The normalized spacial score (nSPS) is 14.3. The maximum absolute atomic E-state index is 14.4. The van der Waals surface area contributed by atoms with E-state index in [1.54, 1.807) is 0 Å². The molecule has 0 aromatic rings. The standard InChI is InChI=1S/C28H33F3O/c1-7-8-9-10-11-16-32-26-15-14-25(23(5)17-26)13-12-20(2)27(30)18-21(3)22(4)19-28(31)24(6)29/h17-19H,2-4,6-11,14-16H2,1,5H3/b27-18+,28-19+. The van der Waals surface area contributed by atoms with Gasteiger partial charge in [0.1, 0.15) is 5.83 Å². The summed E-state index contributed by atoms with van der Waals surface area (Å²) in [5.74, 6) is 3.53. The molecule has 0 bridgehead atoms. The molecule has 0 atom stereocenters. The van der Waals surface area contributed by atoms with Crippen LogP contribution < -0.4 is 0 Å². The molecule has 0 heterocycles. The lowest BCUT2D eigenvalue weighted by molar-refractivity contribution is 0.194. The van der Waals surface area contributed by atoms with Crippen LogP contribution in [0.5, 0.6) is 0 Å². The Morgan fingerprint density at radius 2 is 1.59 bits per heavy atom. The van der Waals surface area contributed by atoms with Crippen molar-refractivity contribution < 1.29 is 17.9 Å². The van der Waals surface area contributed by atoms with Crippen molar-refractivity contribution in [3.8, 4) is 11.8 Å². The first-order chi connectivity index (χ1) is 15.1. The fraction of sp³-hybridized carbons (Fsp3) is 0.357. The molecule has 1 rings (SSSR count). The number of unbranched alkanes of at least 4 members (excludes halogenated alkanes) is 4. The molecule has 0 aromatic carbocycles. The second-order valence-electron chi connectivity index (χ2n) is 7.70. The topological polar surface area (TPSA) is 9.23 Å². The Bertz CT molecular complexity index is 929. The van der Waals surface area contributed by atoms with Crippen molar-refractivity contribution in [3.05, 3.63) is 95.6 Å². The fourth-order valence-electron chi connectivity index (χ4n) is 2.90. The molecule has 1 nitrogen and oxygen atoms in total. The number of ether oxygens (including phenoxy) is 1. The number of allylic oxidation sites excluding steroid dienone is 12. The molecule has 0 radical (unpaired) electrons. The third-order valence-electron chi connectivity index (χ3n) is 4.94. The van der Waals surface area contributed by atoms with Crippen LogP contribution in [-0.4, -0.2) is 6.61 Å². The van der Waals surface area contributed by atoms with Crippen molar-refractivity contribution in [3.63, 3.8) is 0 Å². The van der Waals surface area contributed by atoms with Crippen LogP contribution in [0.15, 0.2) is 95.6 Å². The highest BCUT2D eigenvalue weighted by Crippen LogP contribution is 2.25. The van der Waals surface area contributed by atoms with E-state index in [9.17, 15) is 13.2 Å². The lowest BCUT2D eigenvalue weighted by Gasteiger charge is -2.16. The largest absolute Gasteiger partial charge is 0.498 e. The van der Waals surface area contributed by atoms with Gasteiger partial charge in [-0.2, -0.15) is 0 Å². The van der Waals surface area contributed by atoms with E-state index in [0.29, 0.717) is 0 Å². The van der Waals surface area contributed by atoms with E-state index < -0.39 is 17.5 Å². The number of rotatable bonds is 12. The van der Waals surface area contributed by atoms with Gasteiger partial charge in [0.05, 0.1) is 17.9 Å². The molecule has 1 aliphatic carbocycles. The summed E-state index contributed by atoms with van der Waals surface area (Å²) in [7, 11) is 0. The van der Waals surface area contributed by atoms with Gasteiger partial charge < -0.3 is 4.74 Å². The molecule has 0 unspecified atom stereocenters. The van der Waals surface area contributed by atoms with Crippen LogP contribution in [0.3, 0.4) is 0 Å². The van der Waals surface area contributed by atoms with E-state index in [2.05, 4.69) is 45.1 Å². The Kier molecular flexibility index (Phi) is 12.0. The Morgan fingerprint density at radius 1 is 0.969 bits per heavy atom. The van der Waals surface area contributed by atoms with Gasteiger partial charge in [-0.15, -0.1) is 0 Å². The van der Waals surface area contributed by atoms with Gasteiger partial charge in [-0.05, 0) is 54.7 Å². The van der Waals surface area contributed by atoms with Crippen LogP contribution in [0.1, 0.15) is 58.8 Å². The Labute approximate surface area is 191 Å². The van der Waals surface area contributed by atoms with Gasteiger partial charge in [-0.3, -0.25) is 0 Å². The quantitative estimate of drug-likeness (QED) is 0.167. The van der Waals surface area contributed by atoms with Gasteiger partial charge in [0.2, 0.25) is 0 Å². The van der Waals surface area contributed by atoms with Crippen molar-refractivity contribution in [1.29, 1.82) is 0 Å². The molecule has 0 amide bonds. The van der Waals surface area contributed by atoms with Crippen molar-refractivity contribution in [1.82, 2.24) is 0 Å². The van der Waals surface area contributed by atoms with Crippen molar-refractivity contribution in [2.45, 2.75) is 58.8 Å². The highest BCUT2D eigenvalue weighted by atomic mass is 19.2. The summed E-state index contributed by atoms with van der Waals surface area (Å²) >= 11 is 0. The van der Waals surface area contributed by atoms with E-state index >= 15 is 0 Å². The van der Waals surface area contributed by atoms with Gasteiger partial charge in [0, 0.05) is 12.0 Å². The summed E-state index contributed by atoms with van der Waals surface area (Å²) in [6, 6.07) is 0. The SMILES string of the molecule is C=C(/C=C(/F)C(=C)F)C(=C)/C=C(/F)C(=C)C#CC1=C(C)C=C(OCCCCCCC)CC1. The molecule has 172 valence electrons. The van der Waals surface area contributed by atoms with Gasteiger partial charge in [0.25, 0.3) is 0 Å². The molecule has 32 heavy (non-hydrogen) atoms. The predicted molar refractivity (Wildman–Crippen MR) is 129 cm³/mol. The third kappa shape index (κ3) is 9.92. The number of hydrogen-bond donors (Lipinski definition) is 0. The highest BCUT2D eigenvalue weighted by Gasteiger charge is 2.11. The predicted octanol–water partition coefficient (Wildman–Crippen LogP) is 8.83. The second-order valence-corrected chi connectivity index (χ2v) is 7.70. The molecule has 0 N–H and O–H groups in total. The van der Waals surface area contributed by atoms with Gasteiger partial charge in [0.15, 0.2) is 11.7 Å². The van der Waals surface area contributed by atoms with Crippen LogP contribution in [0.25, 0.3) is 0 Å². The minimum atomic E-state index is -1.23. The molecular formula is C28H33F3O. The third-order valence-corrected chi connectivity index (χ3v) is 4.94. The van der Waals surface area contributed by atoms with E-state index in [1.165, 1.54) is 25.7 Å². The number of halogens is 3. The fourth-order valence-corrected chi connectivity index (χ4v) is 2.90. The molecule has 4 heteroatoms. The van der Waals surface area contributed by atoms with E-state index in [4.69, 9.17) is 4.74 Å². The summed E-state index contributed by atoms with van der Waals surface area (Å²) in [5, 5.41) is 0. The number of hydrogen-bond acceptors (Lipinski definition) is 1. The smallest absolute Gasteiger partial charge is 0.158 e. The first-order valence-electron chi connectivity index (χ1n) is 10.9. The van der Waals surface area contributed by atoms with Gasteiger partial charge >= 0.3 is 0 Å². The molecule has 0 saturated carbocycles. The average Bonchev–Trinajstić information content (AvgIpc) is 2.74. The maximum atomic E-state index is 14.4. The molecular weight excluding hydrogens is 409 g/mol. The summed E-state index contributed by atoms with van der Waals surface area (Å²) in [6.45, 7) is 18.5. The van der Waals surface area contributed by atoms with Crippen LogP contribution in [-0.2, 0) is 4.74 Å². The summed E-state index contributed by atoms with van der Waals surface area (Å²) < 4.78 is 46.2. The molecule has 0 saturated heterocycles. The second kappa shape index (κ2) is 14.2. The summed E-state index contributed by atoms with van der Waals surface area (Å²) in [5.41, 5.74) is 1.97. The van der Waals surface area contributed by atoms with Gasteiger partial charge in [-0.25, -0.2) is 13.2 Å². The Hall–Kier alpha value is -2.93. The average molecular weight is 443 g/mol. The van der Waals surface area contributed by atoms with Crippen molar-refractivity contribution >= 4 is 0 Å². The minimum absolute atomic E-state index is 0.0195. The van der Waals surface area contributed by atoms with E-state index in [0.717, 1.165) is 54.9 Å². The van der Waals surface area contributed by atoms with Crippen LogP contribution in [0, 0.1) is 11.8 Å². The zero-order valence-electron chi connectivity index (χ0n) is 19.3. The first kappa shape index (κ1) is 27.1. The zero-order valence-corrected chi connectivity index (χ0v) is 19.3. The van der Waals surface area contributed by atoms with Crippen molar-refractivity contribution in [2.75, 3.05) is 6.61 Å². The maximum Gasteiger partial charge on any atom is 0.158 e. The first-order valence-corrected chi connectivity index (χ1v) is 10.9. The van der Waals surface area contributed by atoms with E-state index in [1.807, 2.05) is 13.0 Å². The zero-order chi connectivity index (χ0) is 24.1. The summed E-state index contributed by atoms with van der Waals surface area (Å²) in [6.07, 6.45) is 11.3.